The minimum Gasteiger partial charge on any atom is -0.344 e. The van der Waals surface area contributed by atoms with Crippen molar-refractivity contribution in [2.75, 3.05) is 0 Å². The summed E-state index contributed by atoms with van der Waals surface area (Å²) in [5, 5.41) is 13.8. The number of fused-ring (bicyclic) bond motifs is 2. The molecule has 0 aliphatic heterocycles. The van der Waals surface area contributed by atoms with Crippen LogP contribution in [0.2, 0.25) is 0 Å². The second-order valence-electron chi connectivity index (χ2n) is 8.79. The fourth-order valence-corrected chi connectivity index (χ4v) is 5.32. The lowest BCUT2D eigenvalue weighted by atomic mass is 10.1. The normalized spacial score (nSPS) is 12.0. The van der Waals surface area contributed by atoms with Crippen LogP contribution in [0.4, 0.5) is 0 Å². The van der Waals surface area contributed by atoms with Crippen molar-refractivity contribution in [3.05, 3.63) is 101 Å². The lowest BCUT2D eigenvalue weighted by molar-refractivity contribution is 0.0940. The van der Waals surface area contributed by atoms with Gasteiger partial charge in [0.05, 0.1) is 46.0 Å². The molecule has 1 aromatic carbocycles. The van der Waals surface area contributed by atoms with Gasteiger partial charge in [0.15, 0.2) is 4.96 Å². The molecule has 1 N–H and O–H groups in total. The number of aryl methyl sites for hydroxylation is 2. The van der Waals surface area contributed by atoms with E-state index in [1.807, 2.05) is 87.2 Å². The van der Waals surface area contributed by atoms with E-state index in [0.717, 1.165) is 38.7 Å². The number of nitrogens with zero attached hydrogens (tertiary/aromatic N) is 6. The Bertz CT molecular complexity index is 1830. The van der Waals surface area contributed by atoms with Crippen LogP contribution in [0.3, 0.4) is 0 Å². The van der Waals surface area contributed by atoms with E-state index in [4.69, 9.17) is 4.98 Å². The third-order valence-electron chi connectivity index (χ3n) is 6.18. The second-order valence-corrected chi connectivity index (χ2v) is 9.63. The molecule has 6 aromatic rings. The molecule has 9 heteroatoms. The molecule has 1 atom stereocenters. The van der Waals surface area contributed by atoms with Gasteiger partial charge in [0.1, 0.15) is 5.69 Å². The molecule has 5 heterocycles. The summed E-state index contributed by atoms with van der Waals surface area (Å²) in [7, 11) is 1.87. The number of hydrogen-bond donors (Lipinski definition) is 1. The van der Waals surface area contributed by atoms with E-state index in [2.05, 4.69) is 31.8 Å². The number of aromatic nitrogens is 6. The number of carbonyl (C=O) groups excluding carboxylic acids is 1. The quantitative estimate of drug-likeness (QED) is 0.354. The molecule has 5 aromatic heterocycles. The Morgan fingerprint density at radius 1 is 1.11 bits per heavy atom. The number of benzene rings is 1. The summed E-state index contributed by atoms with van der Waals surface area (Å²) in [6.45, 7) is 3.81. The summed E-state index contributed by atoms with van der Waals surface area (Å²) in [6, 6.07) is 15.4. The molecule has 0 radical (unpaired) electrons. The third-order valence-corrected chi connectivity index (χ3v) is 7.00. The van der Waals surface area contributed by atoms with E-state index in [1.54, 1.807) is 15.4 Å². The van der Waals surface area contributed by atoms with Crippen molar-refractivity contribution in [3.63, 3.8) is 0 Å². The average molecular weight is 506 g/mol. The van der Waals surface area contributed by atoms with Gasteiger partial charge in [-0.2, -0.15) is 10.2 Å². The Morgan fingerprint density at radius 2 is 1.92 bits per heavy atom. The fourth-order valence-electron chi connectivity index (χ4n) is 4.50. The zero-order valence-corrected chi connectivity index (χ0v) is 21.3. The second kappa shape index (κ2) is 9.08. The number of hydrogen-bond acceptors (Lipinski definition) is 5. The fraction of sp³-hybridized carbons (Fsp3) is 0.143. The largest absolute Gasteiger partial charge is 0.344 e. The van der Waals surface area contributed by atoms with Crippen molar-refractivity contribution in [3.8, 4) is 23.1 Å². The number of imidazole rings is 1. The first-order chi connectivity index (χ1) is 18.0. The van der Waals surface area contributed by atoms with Crippen LogP contribution in [0.25, 0.3) is 21.7 Å². The zero-order chi connectivity index (χ0) is 25.5. The molecule has 8 nitrogen and oxygen atoms in total. The highest BCUT2D eigenvalue weighted by atomic mass is 32.1. The van der Waals surface area contributed by atoms with Gasteiger partial charge in [0, 0.05) is 30.4 Å². The number of amides is 1. The first kappa shape index (κ1) is 22.8. The Morgan fingerprint density at radius 3 is 2.70 bits per heavy atom. The van der Waals surface area contributed by atoms with Gasteiger partial charge in [-0.3, -0.25) is 13.9 Å². The molecular formula is C28H23N7OS. The first-order valence-electron chi connectivity index (χ1n) is 11.8. The lowest BCUT2D eigenvalue weighted by Crippen LogP contribution is -2.27. The minimum absolute atomic E-state index is 0.182. The lowest BCUT2D eigenvalue weighted by Gasteiger charge is -2.14. The summed E-state index contributed by atoms with van der Waals surface area (Å²) < 4.78 is 5.53. The molecule has 6 rings (SSSR count). The van der Waals surface area contributed by atoms with Crippen LogP contribution in [0.15, 0.2) is 72.5 Å². The van der Waals surface area contributed by atoms with Crippen molar-refractivity contribution >= 4 is 27.7 Å². The Hall–Kier alpha value is -4.68. The smallest absolute Gasteiger partial charge is 0.255 e. The SMILES string of the molecule is Cc1nn2ccccc2c1C(=O)N[C@@H](C)c1nc2scc(C#Cc3cnn(C)c3)n2c1-c1ccccc1. The van der Waals surface area contributed by atoms with Gasteiger partial charge in [-0.1, -0.05) is 42.3 Å². The molecule has 0 bridgehead atoms. The van der Waals surface area contributed by atoms with Crippen molar-refractivity contribution in [2.45, 2.75) is 19.9 Å². The molecule has 0 saturated heterocycles. The van der Waals surface area contributed by atoms with Gasteiger partial charge < -0.3 is 5.32 Å². The van der Waals surface area contributed by atoms with Gasteiger partial charge >= 0.3 is 0 Å². The maximum absolute atomic E-state index is 13.4. The summed E-state index contributed by atoms with van der Waals surface area (Å²) in [5.41, 5.74) is 6.39. The highest BCUT2D eigenvalue weighted by Crippen LogP contribution is 2.33. The zero-order valence-electron chi connectivity index (χ0n) is 20.5. The molecular weight excluding hydrogens is 482 g/mol. The predicted molar refractivity (Wildman–Crippen MR) is 144 cm³/mol. The highest BCUT2D eigenvalue weighted by molar-refractivity contribution is 7.15. The molecule has 0 spiro atoms. The Balaban J connectivity index is 1.42. The summed E-state index contributed by atoms with van der Waals surface area (Å²) in [4.78, 5) is 19.2. The summed E-state index contributed by atoms with van der Waals surface area (Å²) in [5.74, 6) is 6.30. The molecule has 0 saturated carbocycles. The van der Waals surface area contributed by atoms with Crippen LogP contribution in [0.5, 0.6) is 0 Å². The van der Waals surface area contributed by atoms with E-state index in [9.17, 15) is 4.79 Å². The van der Waals surface area contributed by atoms with Gasteiger partial charge in [0.2, 0.25) is 0 Å². The van der Waals surface area contributed by atoms with E-state index in [1.165, 1.54) is 11.3 Å². The van der Waals surface area contributed by atoms with Crippen LogP contribution in [0.1, 0.15) is 46.0 Å². The van der Waals surface area contributed by atoms with Crippen LogP contribution in [-0.2, 0) is 7.05 Å². The molecule has 0 aliphatic rings. The Kier molecular flexibility index (Phi) is 5.58. The van der Waals surface area contributed by atoms with Crippen LogP contribution >= 0.6 is 11.3 Å². The van der Waals surface area contributed by atoms with Gasteiger partial charge in [-0.05, 0) is 31.9 Å². The van der Waals surface area contributed by atoms with Crippen LogP contribution in [0, 0.1) is 18.8 Å². The minimum atomic E-state index is -0.355. The van der Waals surface area contributed by atoms with E-state index < -0.39 is 0 Å². The average Bonchev–Trinajstić information content (AvgIpc) is 3.65. The van der Waals surface area contributed by atoms with Crippen molar-refractivity contribution in [1.82, 2.24) is 34.1 Å². The van der Waals surface area contributed by atoms with E-state index >= 15 is 0 Å². The summed E-state index contributed by atoms with van der Waals surface area (Å²) >= 11 is 1.52. The molecule has 0 aliphatic carbocycles. The van der Waals surface area contributed by atoms with Gasteiger partial charge in [-0.15, -0.1) is 11.3 Å². The first-order valence-corrected chi connectivity index (χ1v) is 12.7. The highest BCUT2D eigenvalue weighted by Gasteiger charge is 2.25. The van der Waals surface area contributed by atoms with E-state index in [-0.39, 0.29) is 11.9 Å². The third kappa shape index (κ3) is 4.07. The molecule has 0 unspecified atom stereocenters. The van der Waals surface area contributed by atoms with Gasteiger partial charge in [-0.25, -0.2) is 9.50 Å². The topological polar surface area (TPSA) is 81.5 Å². The van der Waals surface area contributed by atoms with Crippen LogP contribution in [-0.4, -0.2) is 34.7 Å². The molecule has 1 amide bonds. The number of rotatable bonds is 4. The van der Waals surface area contributed by atoms with E-state index in [0.29, 0.717) is 11.3 Å². The maximum atomic E-state index is 13.4. The van der Waals surface area contributed by atoms with Crippen molar-refractivity contribution < 1.29 is 4.79 Å². The number of thiazole rings is 1. The van der Waals surface area contributed by atoms with Gasteiger partial charge in [0.25, 0.3) is 5.91 Å². The Labute approximate surface area is 217 Å². The standard InChI is InChI=1S/C28H23N7OS/c1-18-24(23-11-7-8-14-34(23)32-18)27(36)30-19(2)25-26(21-9-5-4-6-10-21)35-22(17-37-28(35)31-25)13-12-20-15-29-33(3)16-20/h4-11,14-17,19H,1-3H3,(H,30,36)/t19-/m0/s1. The van der Waals surface area contributed by atoms with Crippen LogP contribution < -0.4 is 5.32 Å². The number of nitrogens with one attached hydrogen (secondary N) is 1. The van der Waals surface area contributed by atoms with Crippen molar-refractivity contribution in [2.24, 2.45) is 7.05 Å². The molecule has 0 fully saturated rings. The molecule has 182 valence electrons. The molecule has 37 heavy (non-hydrogen) atoms. The maximum Gasteiger partial charge on any atom is 0.255 e. The number of pyridine rings is 1. The monoisotopic (exact) mass is 505 g/mol. The van der Waals surface area contributed by atoms with Crippen molar-refractivity contribution in [1.29, 1.82) is 0 Å². The predicted octanol–water partition coefficient (Wildman–Crippen LogP) is 4.64. The number of carbonyl (C=O) groups is 1. The summed E-state index contributed by atoms with van der Waals surface area (Å²) in [6.07, 6.45) is 5.47.